The highest BCUT2D eigenvalue weighted by molar-refractivity contribution is 7.90. The molecule has 0 saturated heterocycles. The van der Waals surface area contributed by atoms with Gasteiger partial charge in [0.1, 0.15) is 9.84 Å². The predicted octanol–water partition coefficient (Wildman–Crippen LogP) is 0.977. The average molecular weight is 250 g/mol. The van der Waals surface area contributed by atoms with Gasteiger partial charge in [-0.2, -0.15) is 0 Å². The first-order valence-electron chi connectivity index (χ1n) is 4.37. The van der Waals surface area contributed by atoms with Crippen molar-refractivity contribution in [3.05, 3.63) is 17.5 Å². The Balaban J connectivity index is 2.36. The fraction of sp³-hybridized carbons (Fsp3) is 0.500. The van der Waals surface area contributed by atoms with Crippen molar-refractivity contribution >= 4 is 27.3 Å². The number of nitrogens with one attached hydrogen (secondary N) is 1. The second kappa shape index (κ2) is 5.27. The van der Waals surface area contributed by atoms with Gasteiger partial charge in [-0.25, -0.2) is 18.4 Å². The normalized spacial score (nSPS) is 11.3. The van der Waals surface area contributed by atoms with Gasteiger partial charge < -0.3 is 5.32 Å². The highest BCUT2D eigenvalue weighted by atomic mass is 35.5. The van der Waals surface area contributed by atoms with E-state index in [0.717, 1.165) is 0 Å². The van der Waals surface area contributed by atoms with Gasteiger partial charge in [0.2, 0.25) is 0 Å². The standard InChI is InChI=1S/C8H12ClN3O2S/c1-15(13,14)6-2-3-11-8-7(9)10-4-5-12-8/h4-5H,2-3,6H2,1H3,(H,11,12). The summed E-state index contributed by atoms with van der Waals surface area (Å²) in [5, 5.41) is 3.20. The maximum absolute atomic E-state index is 10.8. The van der Waals surface area contributed by atoms with Crippen LogP contribution in [0.5, 0.6) is 0 Å². The predicted molar refractivity (Wildman–Crippen MR) is 59.9 cm³/mol. The van der Waals surface area contributed by atoms with E-state index < -0.39 is 9.84 Å². The van der Waals surface area contributed by atoms with E-state index >= 15 is 0 Å². The molecule has 1 heterocycles. The molecule has 1 aromatic heterocycles. The van der Waals surface area contributed by atoms with Crippen molar-refractivity contribution in [3.8, 4) is 0 Å². The molecule has 1 N–H and O–H groups in total. The van der Waals surface area contributed by atoms with E-state index in [9.17, 15) is 8.42 Å². The molecule has 84 valence electrons. The van der Waals surface area contributed by atoms with Crippen molar-refractivity contribution in [1.82, 2.24) is 9.97 Å². The molecule has 1 aromatic rings. The van der Waals surface area contributed by atoms with Gasteiger partial charge in [0.25, 0.3) is 0 Å². The third-order valence-corrected chi connectivity index (χ3v) is 2.94. The van der Waals surface area contributed by atoms with Crippen LogP contribution in [0, 0.1) is 0 Å². The summed E-state index contributed by atoms with van der Waals surface area (Å²) in [5.41, 5.74) is 0. The van der Waals surface area contributed by atoms with E-state index in [4.69, 9.17) is 11.6 Å². The second-order valence-electron chi connectivity index (χ2n) is 3.11. The molecule has 0 aromatic carbocycles. The Bertz CT molecular complexity index is 422. The Morgan fingerprint density at radius 2 is 2.07 bits per heavy atom. The van der Waals surface area contributed by atoms with Crippen LogP contribution in [0.2, 0.25) is 5.15 Å². The summed E-state index contributed by atoms with van der Waals surface area (Å²) in [5.74, 6) is 0.630. The number of hydrogen-bond acceptors (Lipinski definition) is 5. The molecular formula is C8H12ClN3O2S. The summed E-state index contributed by atoms with van der Waals surface area (Å²) in [6, 6.07) is 0. The lowest BCUT2D eigenvalue weighted by Crippen LogP contribution is -2.10. The molecule has 0 spiro atoms. The van der Waals surface area contributed by atoms with Crippen molar-refractivity contribution in [2.75, 3.05) is 23.9 Å². The number of sulfone groups is 1. The molecule has 1 rings (SSSR count). The first kappa shape index (κ1) is 12.2. The van der Waals surface area contributed by atoms with E-state index in [0.29, 0.717) is 18.8 Å². The molecule has 0 amide bonds. The number of halogens is 1. The fourth-order valence-electron chi connectivity index (χ4n) is 0.981. The highest BCUT2D eigenvalue weighted by Crippen LogP contribution is 2.13. The monoisotopic (exact) mass is 249 g/mol. The quantitative estimate of drug-likeness (QED) is 0.788. The molecule has 15 heavy (non-hydrogen) atoms. The number of aromatic nitrogens is 2. The molecule has 0 aliphatic carbocycles. The zero-order valence-electron chi connectivity index (χ0n) is 8.27. The van der Waals surface area contributed by atoms with E-state index in [-0.39, 0.29) is 10.9 Å². The van der Waals surface area contributed by atoms with Crippen LogP contribution in [0.4, 0.5) is 5.82 Å². The molecule has 0 saturated carbocycles. The van der Waals surface area contributed by atoms with Gasteiger partial charge in [0, 0.05) is 25.2 Å². The van der Waals surface area contributed by atoms with Gasteiger partial charge >= 0.3 is 0 Å². The van der Waals surface area contributed by atoms with Gasteiger partial charge in [-0.05, 0) is 6.42 Å². The first-order chi connectivity index (χ1) is 6.99. The zero-order chi connectivity index (χ0) is 11.3. The molecular weight excluding hydrogens is 238 g/mol. The summed E-state index contributed by atoms with van der Waals surface area (Å²) < 4.78 is 21.7. The Morgan fingerprint density at radius 1 is 1.40 bits per heavy atom. The number of hydrogen-bond donors (Lipinski definition) is 1. The number of anilines is 1. The van der Waals surface area contributed by atoms with Crippen molar-refractivity contribution in [2.45, 2.75) is 6.42 Å². The van der Waals surface area contributed by atoms with Crippen LogP contribution in [0.3, 0.4) is 0 Å². The Hall–Kier alpha value is -0.880. The van der Waals surface area contributed by atoms with Gasteiger partial charge in [-0.1, -0.05) is 11.6 Å². The molecule has 7 heteroatoms. The lowest BCUT2D eigenvalue weighted by atomic mass is 10.5. The van der Waals surface area contributed by atoms with Crippen LogP contribution in [-0.4, -0.2) is 36.9 Å². The summed E-state index contributed by atoms with van der Waals surface area (Å²) in [7, 11) is -2.90. The van der Waals surface area contributed by atoms with Crippen LogP contribution < -0.4 is 5.32 Å². The third kappa shape index (κ3) is 4.94. The summed E-state index contributed by atoms with van der Waals surface area (Å²) >= 11 is 5.74. The van der Waals surface area contributed by atoms with Gasteiger partial charge in [0.05, 0.1) is 5.75 Å². The lowest BCUT2D eigenvalue weighted by molar-refractivity contribution is 0.600. The van der Waals surface area contributed by atoms with Crippen LogP contribution in [-0.2, 0) is 9.84 Å². The second-order valence-corrected chi connectivity index (χ2v) is 5.72. The van der Waals surface area contributed by atoms with E-state index in [1.807, 2.05) is 0 Å². The molecule has 0 atom stereocenters. The molecule has 0 unspecified atom stereocenters. The van der Waals surface area contributed by atoms with Crippen molar-refractivity contribution < 1.29 is 8.42 Å². The van der Waals surface area contributed by atoms with E-state index in [1.165, 1.54) is 18.6 Å². The summed E-state index contributed by atoms with van der Waals surface area (Å²) in [6.45, 7) is 0.505. The van der Waals surface area contributed by atoms with Gasteiger partial charge in [-0.3, -0.25) is 0 Å². The van der Waals surface area contributed by atoms with Crippen molar-refractivity contribution in [3.63, 3.8) is 0 Å². The lowest BCUT2D eigenvalue weighted by Gasteiger charge is -2.05. The molecule has 0 bridgehead atoms. The number of nitrogens with zero attached hydrogens (tertiary/aromatic N) is 2. The number of rotatable bonds is 5. The third-order valence-electron chi connectivity index (χ3n) is 1.64. The Morgan fingerprint density at radius 3 is 2.67 bits per heavy atom. The average Bonchev–Trinajstić information content (AvgIpc) is 2.13. The zero-order valence-corrected chi connectivity index (χ0v) is 9.85. The minimum atomic E-state index is -2.90. The fourth-order valence-corrected chi connectivity index (χ4v) is 1.82. The minimum absolute atomic E-state index is 0.151. The van der Waals surface area contributed by atoms with Crippen LogP contribution >= 0.6 is 11.6 Å². The molecule has 5 nitrogen and oxygen atoms in total. The van der Waals surface area contributed by atoms with Crippen LogP contribution in [0.1, 0.15) is 6.42 Å². The topological polar surface area (TPSA) is 72.0 Å². The minimum Gasteiger partial charge on any atom is -0.367 e. The molecule has 0 radical (unpaired) electrons. The first-order valence-corrected chi connectivity index (χ1v) is 6.81. The molecule has 0 fully saturated rings. The van der Waals surface area contributed by atoms with Gasteiger partial charge in [-0.15, -0.1) is 0 Å². The van der Waals surface area contributed by atoms with Crippen molar-refractivity contribution in [2.24, 2.45) is 0 Å². The van der Waals surface area contributed by atoms with Crippen LogP contribution in [0.15, 0.2) is 12.4 Å². The van der Waals surface area contributed by atoms with E-state index in [1.54, 1.807) is 0 Å². The Labute approximate surface area is 93.8 Å². The maximum Gasteiger partial charge on any atom is 0.171 e. The highest BCUT2D eigenvalue weighted by Gasteiger charge is 2.03. The largest absolute Gasteiger partial charge is 0.367 e. The smallest absolute Gasteiger partial charge is 0.171 e. The molecule has 0 aliphatic rings. The summed E-state index contributed by atoms with van der Waals surface area (Å²) in [6.07, 6.45) is 4.74. The van der Waals surface area contributed by atoms with Crippen molar-refractivity contribution in [1.29, 1.82) is 0 Å². The molecule has 0 aliphatic heterocycles. The van der Waals surface area contributed by atoms with Gasteiger partial charge in [0.15, 0.2) is 11.0 Å². The SMILES string of the molecule is CS(=O)(=O)CCCNc1nccnc1Cl. The van der Waals surface area contributed by atoms with E-state index in [2.05, 4.69) is 15.3 Å². The maximum atomic E-state index is 10.8. The summed E-state index contributed by atoms with van der Waals surface area (Å²) in [4.78, 5) is 7.79. The Kier molecular flexibility index (Phi) is 4.28. The van der Waals surface area contributed by atoms with Crippen LogP contribution in [0.25, 0.3) is 0 Å².